The molecule has 0 N–H and O–H groups in total. The van der Waals surface area contributed by atoms with Gasteiger partial charge >= 0.3 is 6.18 Å². The zero-order valence-corrected chi connectivity index (χ0v) is 16.8. The molecule has 0 bridgehead atoms. The molecule has 29 heavy (non-hydrogen) atoms. The quantitative estimate of drug-likeness (QED) is 0.685. The normalized spacial score (nSPS) is 22.0. The minimum atomic E-state index is -4.44. The van der Waals surface area contributed by atoms with Crippen LogP contribution in [0.25, 0.3) is 0 Å². The van der Waals surface area contributed by atoms with Crippen molar-refractivity contribution >= 4 is 23.2 Å². The molecule has 2 aromatic rings. The third kappa shape index (κ3) is 4.22. The number of hydrogen-bond donors (Lipinski definition) is 0. The van der Waals surface area contributed by atoms with Gasteiger partial charge in [-0.1, -0.05) is 41.4 Å². The highest BCUT2D eigenvalue weighted by Crippen LogP contribution is 2.48. The topological polar surface area (TPSA) is 23.6 Å². The Morgan fingerprint density at radius 1 is 1.07 bits per heavy atom. The second-order valence-electron chi connectivity index (χ2n) is 7.83. The molecule has 2 aliphatic rings. The average molecular weight is 423 g/mol. The molecule has 154 valence electrons. The number of rotatable bonds is 3. The maximum atomic E-state index is 13.4. The molecule has 0 spiro atoms. The molecule has 3 nitrogen and oxygen atoms in total. The molecule has 1 amide bonds. The number of piperazine rings is 1. The number of halogens is 4. The van der Waals surface area contributed by atoms with Gasteiger partial charge in [-0.05, 0) is 43.0 Å². The van der Waals surface area contributed by atoms with Crippen LogP contribution in [0.2, 0.25) is 5.02 Å². The van der Waals surface area contributed by atoms with Gasteiger partial charge in [0.05, 0.1) is 11.3 Å². The minimum absolute atomic E-state index is 0.0137. The summed E-state index contributed by atoms with van der Waals surface area (Å²) in [5.74, 6) is 0.351. The lowest BCUT2D eigenvalue weighted by molar-refractivity contribution is -0.137. The van der Waals surface area contributed by atoms with Crippen molar-refractivity contribution in [2.75, 3.05) is 31.1 Å². The van der Waals surface area contributed by atoms with Gasteiger partial charge in [-0.25, -0.2) is 0 Å². The van der Waals surface area contributed by atoms with Gasteiger partial charge in [-0.2, -0.15) is 13.2 Å². The summed E-state index contributed by atoms with van der Waals surface area (Å²) in [5, 5.41) is 0.269. The Hall–Kier alpha value is -2.21. The molecule has 1 aliphatic carbocycles. The predicted octanol–water partition coefficient (Wildman–Crippen LogP) is 5.12. The van der Waals surface area contributed by atoms with E-state index in [4.69, 9.17) is 11.6 Å². The van der Waals surface area contributed by atoms with Crippen LogP contribution < -0.4 is 4.90 Å². The fourth-order valence-corrected chi connectivity index (χ4v) is 4.31. The Kier molecular flexibility index (Phi) is 5.23. The number of alkyl halides is 3. The SMILES string of the molecule is Cc1cccc([C@@H]2CC2C(=O)N2CCN(c3cc(Cl)ccc3C(F)(F)F)CC2)c1. The van der Waals surface area contributed by atoms with E-state index in [9.17, 15) is 18.0 Å². The fourth-order valence-electron chi connectivity index (χ4n) is 4.15. The van der Waals surface area contributed by atoms with Gasteiger partial charge in [-0.3, -0.25) is 4.79 Å². The number of carbonyl (C=O) groups is 1. The summed E-state index contributed by atoms with van der Waals surface area (Å²) < 4.78 is 40.1. The molecule has 1 saturated carbocycles. The van der Waals surface area contributed by atoms with Crippen LogP contribution in [-0.2, 0) is 11.0 Å². The summed E-state index contributed by atoms with van der Waals surface area (Å²) >= 11 is 5.94. The van der Waals surface area contributed by atoms with Crippen molar-refractivity contribution in [2.24, 2.45) is 5.92 Å². The number of nitrogens with zero attached hydrogens (tertiary/aromatic N) is 2. The molecule has 1 heterocycles. The fraction of sp³-hybridized carbons (Fsp3) is 0.409. The van der Waals surface area contributed by atoms with Crippen LogP contribution in [-0.4, -0.2) is 37.0 Å². The molecule has 1 unspecified atom stereocenters. The number of hydrogen-bond acceptors (Lipinski definition) is 2. The van der Waals surface area contributed by atoms with Crippen molar-refractivity contribution in [3.05, 3.63) is 64.2 Å². The van der Waals surface area contributed by atoms with E-state index in [0.29, 0.717) is 26.2 Å². The standard InChI is InChI=1S/C22H22ClF3N2O/c1-14-3-2-4-15(11-14)17-13-18(17)21(29)28-9-7-27(8-10-28)20-12-16(23)5-6-19(20)22(24,25)26/h2-6,11-12,17-18H,7-10,13H2,1H3/t17-,18?/m0/s1. The Labute approximate surface area is 173 Å². The van der Waals surface area contributed by atoms with E-state index < -0.39 is 11.7 Å². The van der Waals surface area contributed by atoms with Gasteiger partial charge in [0.25, 0.3) is 0 Å². The predicted molar refractivity (Wildman–Crippen MR) is 107 cm³/mol. The Balaban J connectivity index is 1.41. The first-order valence-corrected chi connectivity index (χ1v) is 10.1. The van der Waals surface area contributed by atoms with E-state index >= 15 is 0 Å². The average Bonchev–Trinajstić information content (AvgIpc) is 3.47. The molecule has 2 fully saturated rings. The molecular weight excluding hydrogens is 401 g/mol. The summed E-state index contributed by atoms with van der Waals surface area (Å²) in [4.78, 5) is 16.3. The minimum Gasteiger partial charge on any atom is -0.367 e. The van der Waals surface area contributed by atoms with Crippen LogP contribution in [0.3, 0.4) is 0 Å². The van der Waals surface area contributed by atoms with Gasteiger partial charge in [0, 0.05) is 37.1 Å². The van der Waals surface area contributed by atoms with Crippen molar-refractivity contribution in [1.82, 2.24) is 4.90 Å². The highest BCUT2D eigenvalue weighted by Gasteiger charge is 2.46. The van der Waals surface area contributed by atoms with Crippen molar-refractivity contribution < 1.29 is 18.0 Å². The van der Waals surface area contributed by atoms with Gasteiger partial charge in [-0.15, -0.1) is 0 Å². The smallest absolute Gasteiger partial charge is 0.367 e. The van der Waals surface area contributed by atoms with Gasteiger partial charge < -0.3 is 9.80 Å². The highest BCUT2D eigenvalue weighted by molar-refractivity contribution is 6.30. The van der Waals surface area contributed by atoms with Crippen molar-refractivity contribution in [3.63, 3.8) is 0 Å². The van der Waals surface area contributed by atoms with E-state index in [0.717, 1.165) is 12.5 Å². The van der Waals surface area contributed by atoms with Crippen LogP contribution >= 0.6 is 11.6 Å². The first-order valence-electron chi connectivity index (χ1n) is 9.71. The molecule has 2 aromatic carbocycles. The van der Waals surface area contributed by atoms with Crippen LogP contribution in [0.15, 0.2) is 42.5 Å². The zero-order chi connectivity index (χ0) is 20.8. The summed E-state index contributed by atoms with van der Waals surface area (Å²) in [6.45, 7) is 3.58. The van der Waals surface area contributed by atoms with E-state index in [-0.39, 0.29) is 28.5 Å². The lowest BCUT2D eigenvalue weighted by Crippen LogP contribution is -2.49. The Morgan fingerprint density at radius 3 is 2.45 bits per heavy atom. The van der Waals surface area contributed by atoms with Gasteiger partial charge in [0.1, 0.15) is 0 Å². The van der Waals surface area contributed by atoms with E-state index in [1.165, 1.54) is 23.3 Å². The summed E-state index contributed by atoms with van der Waals surface area (Å²) in [5.41, 5.74) is 1.76. The summed E-state index contributed by atoms with van der Waals surface area (Å²) in [7, 11) is 0. The molecule has 7 heteroatoms. The first kappa shape index (κ1) is 20.1. The van der Waals surface area contributed by atoms with Gasteiger partial charge in [0.15, 0.2) is 0 Å². The number of carbonyl (C=O) groups excluding carboxylic acids is 1. The lowest BCUT2D eigenvalue weighted by Gasteiger charge is -2.37. The number of amides is 1. The zero-order valence-electron chi connectivity index (χ0n) is 16.0. The lowest BCUT2D eigenvalue weighted by atomic mass is 10.1. The molecule has 1 saturated heterocycles. The maximum absolute atomic E-state index is 13.4. The number of aryl methyl sites for hydroxylation is 1. The third-order valence-electron chi connectivity index (χ3n) is 5.78. The monoisotopic (exact) mass is 422 g/mol. The summed E-state index contributed by atoms with van der Waals surface area (Å²) in [6.07, 6.45) is -3.60. The summed E-state index contributed by atoms with van der Waals surface area (Å²) in [6, 6.07) is 11.8. The molecule has 2 atom stereocenters. The second-order valence-corrected chi connectivity index (χ2v) is 8.27. The van der Waals surface area contributed by atoms with Crippen molar-refractivity contribution in [2.45, 2.75) is 25.4 Å². The van der Waals surface area contributed by atoms with E-state index in [2.05, 4.69) is 12.1 Å². The van der Waals surface area contributed by atoms with Crippen LogP contribution in [0.5, 0.6) is 0 Å². The third-order valence-corrected chi connectivity index (χ3v) is 6.01. The molecule has 0 radical (unpaired) electrons. The largest absolute Gasteiger partial charge is 0.418 e. The molecule has 0 aromatic heterocycles. The second kappa shape index (κ2) is 7.56. The van der Waals surface area contributed by atoms with Crippen molar-refractivity contribution in [1.29, 1.82) is 0 Å². The Bertz CT molecular complexity index is 923. The number of anilines is 1. The van der Waals surface area contributed by atoms with Crippen LogP contribution in [0.4, 0.5) is 18.9 Å². The molecule has 1 aliphatic heterocycles. The van der Waals surface area contributed by atoms with E-state index in [1.807, 2.05) is 19.1 Å². The van der Waals surface area contributed by atoms with Gasteiger partial charge in [0.2, 0.25) is 5.91 Å². The molecule has 4 rings (SSSR count). The van der Waals surface area contributed by atoms with Crippen LogP contribution in [0, 0.1) is 12.8 Å². The Morgan fingerprint density at radius 2 is 1.79 bits per heavy atom. The first-order chi connectivity index (χ1) is 13.7. The number of benzene rings is 2. The van der Waals surface area contributed by atoms with Crippen LogP contribution in [0.1, 0.15) is 29.0 Å². The van der Waals surface area contributed by atoms with Crippen molar-refractivity contribution in [3.8, 4) is 0 Å². The maximum Gasteiger partial charge on any atom is 0.418 e. The van der Waals surface area contributed by atoms with E-state index in [1.54, 1.807) is 9.80 Å². The molecular formula is C22H22ClF3N2O. The highest BCUT2D eigenvalue weighted by atomic mass is 35.5.